The Balaban J connectivity index is 2.39. The molecule has 76 valence electrons. The van der Waals surface area contributed by atoms with Gasteiger partial charge in [-0.15, -0.1) is 11.6 Å². The SMILES string of the molecule is C[C@@H]1CCC[C@H](C)N1C/C=C/CCl. The Kier molecular flexibility index (Phi) is 4.82. The fourth-order valence-corrected chi connectivity index (χ4v) is 2.22. The number of halogens is 1. The Morgan fingerprint density at radius 1 is 1.23 bits per heavy atom. The lowest BCUT2D eigenvalue weighted by atomic mass is 9.98. The molecule has 0 aliphatic carbocycles. The molecule has 1 nitrogen and oxygen atoms in total. The molecule has 13 heavy (non-hydrogen) atoms. The molecule has 0 spiro atoms. The first-order valence-electron chi connectivity index (χ1n) is 5.22. The first-order valence-corrected chi connectivity index (χ1v) is 5.76. The van der Waals surface area contributed by atoms with E-state index in [2.05, 4.69) is 24.8 Å². The van der Waals surface area contributed by atoms with Gasteiger partial charge >= 0.3 is 0 Å². The van der Waals surface area contributed by atoms with Gasteiger partial charge in [0.05, 0.1) is 0 Å². The summed E-state index contributed by atoms with van der Waals surface area (Å²) in [5.41, 5.74) is 0. The van der Waals surface area contributed by atoms with E-state index < -0.39 is 0 Å². The van der Waals surface area contributed by atoms with Crippen molar-refractivity contribution in [2.24, 2.45) is 0 Å². The summed E-state index contributed by atoms with van der Waals surface area (Å²) in [5.74, 6) is 0.636. The van der Waals surface area contributed by atoms with E-state index in [0.717, 1.165) is 18.6 Å². The van der Waals surface area contributed by atoms with E-state index in [9.17, 15) is 0 Å². The molecule has 0 amide bonds. The molecule has 0 N–H and O–H groups in total. The Bertz CT molecular complexity index is 157. The van der Waals surface area contributed by atoms with Crippen LogP contribution in [0.3, 0.4) is 0 Å². The number of piperidine rings is 1. The van der Waals surface area contributed by atoms with Gasteiger partial charge in [-0.1, -0.05) is 18.6 Å². The highest BCUT2D eigenvalue weighted by molar-refractivity contribution is 6.18. The molecule has 0 saturated carbocycles. The van der Waals surface area contributed by atoms with Gasteiger partial charge in [0, 0.05) is 24.5 Å². The van der Waals surface area contributed by atoms with Crippen molar-refractivity contribution in [1.29, 1.82) is 0 Å². The molecule has 1 rings (SSSR count). The highest BCUT2D eigenvalue weighted by Crippen LogP contribution is 2.21. The predicted octanol–water partition coefficient (Wildman–Crippen LogP) is 3.04. The van der Waals surface area contributed by atoms with Crippen LogP contribution in [0.1, 0.15) is 33.1 Å². The zero-order valence-electron chi connectivity index (χ0n) is 8.67. The normalized spacial score (nSPS) is 31.3. The molecule has 0 aromatic carbocycles. The van der Waals surface area contributed by atoms with Crippen LogP contribution >= 0.6 is 11.6 Å². The third-order valence-corrected chi connectivity index (χ3v) is 3.13. The van der Waals surface area contributed by atoms with Crippen molar-refractivity contribution in [1.82, 2.24) is 4.90 Å². The molecule has 2 heteroatoms. The lowest BCUT2D eigenvalue weighted by molar-refractivity contribution is 0.119. The quantitative estimate of drug-likeness (QED) is 0.501. The zero-order chi connectivity index (χ0) is 9.68. The minimum absolute atomic E-state index is 0.636. The topological polar surface area (TPSA) is 3.24 Å². The van der Waals surface area contributed by atoms with Crippen LogP contribution < -0.4 is 0 Å². The van der Waals surface area contributed by atoms with Crippen LogP contribution in [0.2, 0.25) is 0 Å². The Morgan fingerprint density at radius 3 is 2.38 bits per heavy atom. The minimum atomic E-state index is 0.636. The molecule has 1 saturated heterocycles. The van der Waals surface area contributed by atoms with Crippen molar-refractivity contribution in [3.63, 3.8) is 0 Å². The van der Waals surface area contributed by atoms with Crippen molar-refractivity contribution in [2.75, 3.05) is 12.4 Å². The summed E-state index contributed by atoms with van der Waals surface area (Å²) in [6.45, 7) is 5.71. The number of likely N-dealkylation sites (tertiary alicyclic amines) is 1. The van der Waals surface area contributed by atoms with Crippen LogP contribution in [-0.4, -0.2) is 29.4 Å². The molecule has 2 atom stereocenters. The highest BCUT2D eigenvalue weighted by atomic mass is 35.5. The first-order chi connectivity index (χ1) is 6.25. The Hall–Kier alpha value is -0.0100. The van der Waals surface area contributed by atoms with Crippen LogP contribution in [0, 0.1) is 0 Å². The summed E-state index contributed by atoms with van der Waals surface area (Å²) in [4.78, 5) is 2.56. The Morgan fingerprint density at radius 2 is 1.85 bits per heavy atom. The number of allylic oxidation sites excluding steroid dienone is 1. The third kappa shape index (κ3) is 3.32. The van der Waals surface area contributed by atoms with Gasteiger partial charge in [0.1, 0.15) is 0 Å². The maximum absolute atomic E-state index is 5.59. The fourth-order valence-electron chi connectivity index (χ4n) is 2.09. The van der Waals surface area contributed by atoms with Gasteiger partial charge in [-0.3, -0.25) is 4.90 Å². The van der Waals surface area contributed by atoms with E-state index in [-0.39, 0.29) is 0 Å². The van der Waals surface area contributed by atoms with Gasteiger partial charge in [0.15, 0.2) is 0 Å². The average Bonchev–Trinajstić information content (AvgIpc) is 2.10. The molecular formula is C11H20ClN. The van der Waals surface area contributed by atoms with Crippen molar-refractivity contribution < 1.29 is 0 Å². The van der Waals surface area contributed by atoms with E-state index in [1.54, 1.807) is 0 Å². The molecule has 1 fully saturated rings. The summed E-state index contributed by atoms with van der Waals surface area (Å²) in [7, 11) is 0. The van der Waals surface area contributed by atoms with E-state index >= 15 is 0 Å². The zero-order valence-corrected chi connectivity index (χ0v) is 9.43. The lowest BCUT2D eigenvalue weighted by Crippen LogP contribution is -2.43. The number of nitrogens with zero attached hydrogens (tertiary/aromatic N) is 1. The Labute approximate surface area is 86.8 Å². The average molecular weight is 202 g/mol. The predicted molar refractivity (Wildman–Crippen MR) is 59.3 cm³/mol. The second-order valence-electron chi connectivity index (χ2n) is 3.95. The second kappa shape index (κ2) is 5.66. The molecule has 0 radical (unpaired) electrons. The lowest BCUT2D eigenvalue weighted by Gasteiger charge is -2.38. The van der Waals surface area contributed by atoms with Gasteiger partial charge in [0.2, 0.25) is 0 Å². The van der Waals surface area contributed by atoms with E-state index in [0.29, 0.717) is 5.88 Å². The highest BCUT2D eigenvalue weighted by Gasteiger charge is 2.22. The standard InChI is InChI=1S/C11H20ClN/c1-10-6-5-7-11(2)13(10)9-4-3-8-12/h3-4,10-11H,5-9H2,1-2H3/b4-3+/t10-,11+. The molecule has 1 aliphatic heterocycles. The van der Waals surface area contributed by atoms with Crippen LogP contribution in [0.15, 0.2) is 12.2 Å². The molecular weight excluding hydrogens is 182 g/mol. The van der Waals surface area contributed by atoms with Crippen molar-refractivity contribution in [3.05, 3.63) is 12.2 Å². The number of hydrogen-bond donors (Lipinski definition) is 0. The molecule has 0 bridgehead atoms. The van der Waals surface area contributed by atoms with E-state index in [4.69, 9.17) is 11.6 Å². The van der Waals surface area contributed by atoms with E-state index in [1.807, 2.05) is 6.08 Å². The maximum Gasteiger partial charge on any atom is 0.0404 e. The minimum Gasteiger partial charge on any atom is -0.294 e. The summed E-state index contributed by atoms with van der Waals surface area (Å²) < 4.78 is 0. The molecule has 1 heterocycles. The largest absolute Gasteiger partial charge is 0.294 e. The first kappa shape index (κ1) is 11.1. The number of alkyl halides is 1. The molecule has 0 aromatic heterocycles. The third-order valence-electron chi connectivity index (χ3n) is 2.95. The van der Waals surface area contributed by atoms with Crippen LogP contribution in [0.25, 0.3) is 0 Å². The maximum atomic E-state index is 5.59. The van der Waals surface area contributed by atoms with Crippen molar-refractivity contribution >= 4 is 11.6 Å². The molecule has 0 unspecified atom stereocenters. The summed E-state index contributed by atoms with van der Waals surface area (Å²) in [6, 6.07) is 1.48. The summed E-state index contributed by atoms with van der Waals surface area (Å²) >= 11 is 5.59. The van der Waals surface area contributed by atoms with E-state index in [1.165, 1.54) is 19.3 Å². The smallest absolute Gasteiger partial charge is 0.0404 e. The second-order valence-corrected chi connectivity index (χ2v) is 4.26. The van der Waals surface area contributed by atoms with Crippen molar-refractivity contribution in [2.45, 2.75) is 45.2 Å². The number of hydrogen-bond acceptors (Lipinski definition) is 1. The van der Waals surface area contributed by atoms with Gasteiger partial charge in [-0.2, -0.15) is 0 Å². The molecule has 0 aromatic rings. The van der Waals surface area contributed by atoms with Crippen molar-refractivity contribution in [3.8, 4) is 0 Å². The van der Waals surface area contributed by atoms with Gasteiger partial charge in [0.25, 0.3) is 0 Å². The molecule has 1 aliphatic rings. The summed E-state index contributed by atoms with van der Waals surface area (Å²) in [5, 5.41) is 0. The van der Waals surface area contributed by atoms with Crippen LogP contribution in [0.5, 0.6) is 0 Å². The summed E-state index contributed by atoms with van der Waals surface area (Å²) in [6.07, 6.45) is 8.30. The van der Waals surface area contributed by atoms with Crippen LogP contribution in [0.4, 0.5) is 0 Å². The van der Waals surface area contributed by atoms with Crippen LogP contribution in [-0.2, 0) is 0 Å². The van der Waals surface area contributed by atoms with Gasteiger partial charge in [-0.05, 0) is 26.7 Å². The monoisotopic (exact) mass is 201 g/mol. The van der Waals surface area contributed by atoms with Gasteiger partial charge in [-0.25, -0.2) is 0 Å². The fraction of sp³-hybridized carbons (Fsp3) is 0.818. The van der Waals surface area contributed by atoms with Gasteiger partial charge < -0.3 is 0 Å². The number of rotatable bonds is 3.